The first-order valence-corrected chi connectivity index (χ1v) is 5.28. The fraction of sp³-hybridized carbons (Fsp3) is 0.154. The summed E-state index contributed by atoms with van der Waals surface area (Å²) in [5.74, 6) is 0. The molecule has 0 aliphatic carbocycles. The maximum atomic E-state index is 5.02. The van der Waals surface area contributed by atoms with Crippen molar-refractivity contribution in [2.75, 3.05) is 7.11 Å². The Kier molecular flexibility index (Phi) is 3.94. The average Bonchev–Trinajstić information content (AvgIpc) is 3.02. The van der Waals surface area contributed by atoms with Gasteiger partial charge in [0, 0.05) is 7.11 Å². The van der Waals surface area contributed by atoms with Gasteiger partial charge in [0.2, 0.25) is 0 Å². The average molecular weight is 230 g/mol. The molecule has 0 unspecified atom stereocenters. The van der Waals surface area contributed by atoms with Gasteiger partial charge < -0.3 is 13.7 Å². The molecular weight excluding hydrogens is 216 g/mol. The standard InChI is InChI=1S/C9H10N2O.C4H4O/c1-12-7-11-6-10-8-4-2-3-5-9(8)11;1-2-4-5-3-1/h2-6H,7H2,1H3;1-4H. The molecule has 0 aliphatic rings. The summed E-state index contributed by atoms with van der Waals surface area (Å²) >= 11 is 0. The minimum atomic E-state index is 0.556. The highest BCUT2D eigenvalue weighted by atomic mass is 16.5. The second kappa shape index (κ2) is 5.86. The van der Waals surface area contributed by atoms with Crippen LogP contribution < -0.4 is 0 Å². The van der Waals surface area contributed by atoms with Gasteiger partial charge in [0.1, 0.15) is 6.73 Å². The van der Waals surface area contributed by atoms with Crippen LogP contribution in [0.2, 0.25) is 0 Å². The number of methoxy groups -OCH3 is 1. The predicted molar refractivity (Wildman–Crippen MR) is 65.5 cm³/mol. The molecule has 3 aromatic rings. The molecule has 0 spiro atoms. The van der Waals surface area contributed by atoms with Crippen LogP contribution in [0.25, 0.3) is 11.0 Å². The van der Waals surface area contributed by atoms with Crippen LogP contribution in [0.5, 0.6) is 0 Å². The molecule has 0 saturated heterocycles. The second-order valence-electron chi connectivity index (χ2n) is 3.41. The molecule has 0 saturated carbocycles. The zero-order chi connectivity index (χ0) is 11.9. The van der Waals surface area contributed by atoms with E-state index in [-0.39, 0.29) is 0 Å². The Morgan fingerprint density at radius 3 is 2.59 bits per heavy atom. The number of aromatic nitrogens is 2. The first-order chi connectivity index (χ1) is 8.42. The van der Waals surface area contributed by atoms with Gasteiger partial charge in [-0.05, 0) is 24.3 Å². The first-order valence-electron chi connectivity index (χ1n) is 5.28. The number of benzene rings is 1. The van der Waals surface area contributed by atoms with Gasteiger partial charge in [-0.1, -0.05) is 12.1 Å². The Morgan fingerprint density at radius 1 is 1.18 bits per heavy atom. The van der Waals surface area contributed by atoms with Crippen molar-refractivity contribution in [1.82, 2.24) is 9.55 Å². The number of imidazole rings is 1. The quantitative estimate of drug-likeness (QED) is 0.679. The van der Waals surface area contributed by atoms with Gasteiger partial charge in [0.05, 0.1) is 29.9 Å². The molecule has 0 bridgehead atoms. The summed E-state index contributed by atoms with van der Waals surface area (Å²) in [7, 11) is 1.68. The highest BCUT2D eigenvalue weighted by Crippen LogP contribution is 2.10. The lowest BCUT2D eigenvalue weighted by molar-refractivity contribution is 0.134. The molecule has 4 heteroatoms. The largest absolute Gasteiger partial charge is 0.473 e. The van der Waals surface area contributed by atoms with E-state index >= 15 is 0 Å². The van der Waals surface area contributed by atoms with Crippen molar-refractivity contribution in [2.24, 2.45) is 0 Å². The lowest BCUT2D eigenvalue weighted by atomic mass is 10.3. The summed E-state index contributed by atoms with van der Waals surface area (Å²) in [6.07, 6.45) is 5.04. The minimum Gasteiger partial charge on any atom is -0.473 e. The Balaban J connectivity index is 0.000000181. The number of hydrogen-bond acceptors (Lipinski definition) is 3. The maximum absolute atomic E-state index is 5.02. The van der Waals surface area contributed by atoms with Gasteiger partial charge in [-0.2, -0.15) is 0 Å². The molecule has 4 nitrogen and oxygen atoms in total. The van der Waals surface area contributed by atoms with Gasteiger partial charge in [-0.15, -0.1) is 0 Å². The number of nitrogens with zero attached hydrogens (tertiary/aromatic N) is 2. The number of ether oxygens (including phenoxy) is 1. The molecule has 0 N–H and O–H groups in total. The molecular formula is C13H14N2O2. The van der Waals surface area contributed by atoms with Gasteiger partial charge in [0.15, 0.2) is 0 Å². The smallest absolute Gasteiger partial charge is 0.123 e. The molecule has 0 atom stereocenters. The monoisotopic (exact) mass is 230 g/mol. The molecule has 0 amide bonds. The summed E-state index contributed by atoms with van der Waals surface area (Å²) in [6, 6.07) is 11.7. The molecule has 88 valence electrons. The van der Waals surface area contributed by atoms with Crippen LogP contribution in [0.1, 0.15) is 0 Å². The lowest BCUT2D eigenvalue weighted by Gasteiger charge is -2.00. The van der Waals surface area contributed by atoms with Crippen molar-refractivity contribution in [3.8, 4) is 0 Å². The Morgan fingerprint density at radius 2 is 1.94 bits per heavy atom. The molecule has 17 heavy (non-hydrogen) atoms. The third kappa shape index (κ3) is 2.95. The Labute approximate surface area is 99.5 Å². The van der Waals surface area contributed by atoms with Crippen LogP contribution >= 0.6 is 0 Å². The Hall–Kier alpha value is -2.07. The van der Waals surface area contributed by atoms with Crippen LogP contribution in [-0.2, 0) is 11.5 Å². The van der Waals surface area contributed by atoms with Crippen molar-refractivity contribution in [3.05, 3.63) is 55.3 Å². The predicted octanol–water partition coefficient (Wildman–Crippen LogP) is 2.92. The zero-order valence-corrected chi connectivity index (χ0v) is 9.61. The zero-order valence-electron chi connectivity index (χ0n) is 9.61. The molecule has 0 aliphatic heterocycles. The number of para-hydroxylation sites is 2. The fourth-order valence-corrected chi connectivity index (χ4v) is 1.48. The highest BCUT2D eigenvalue weighted by molar-refractivity contribution is 5.74. The van der Waals surface area contributed by atoms with Gasteiger partial charge in [-0.3, -0.25) is 0 Å². The van der Waals surface area contributed by atoms with Crippen molar-refractivity contribution >= 4 is 11.0 Å². The van der Waals surface area contributed by atoms with E-state index in [9.17, 15) is 0 Å². The minimum absolute atomic E-state index is 0.556. The van der Waals surface area contributed by atoms with Gasteiger partial charge in [0.25, 0.3) is 0 Å². The maximum Gasteiger partial charge on any atom is 0.123 e. The highest BCUT2D eigenvalue weighted by Gasteiger charge is 1.98. The molecule has 0 fully saturated rings. The normalized spacial score (nSPS) is 9.94. The van der Waals surface area contributed by atoms with Crippen molar-refractivity contribution in [2.45, 2.75) is 6.73 Å². The van der Waals surface area contributed by atoms with E-state index in [0.717, 1.165) is 11.0 Å². The van der Waals surface area contributed by atoms with Crippen LogP contribution in [-0.4, -0.2) is 16.7 Å². The molecule has 0 radical (unpaired) electrons. The van der Waals surface area contributed by atoms with E-state index in [2.05, 4.69) is 9.40 Å². The summed E-state index contributed by atoms with van der Waals surface area (Å²) < 4.78 is 11.6. The number of hydrogen-bond donors (Lipinski definition) is 0. The van der Waals surface area contributed by atoms with E-state index in [1.165, 1.54) is 0 Å². The van der Waals surface area contributed by atoms with E-state index in [0.29, 0.717) is 6.73 Å². The summed E-state index contributed by atoms with van der Waals surface area (Å²) in [6.45, 7) is 0.556. The summed E-state index contributed by atoms with van der Waals surface area (Å²) in [4.78, 5) is 4.22. The van der Waals surface area contributed by atoms with Crippen molar-refractivity contribution in [1.29, 1.82) is 0 Å². The third-order valence-corrected chi connectivity index (χ3v) is 2.22. The van der Waals surface area contributed by atoms with Crippen LogP contribution in [0, 0.1) is 0 Å². The van der Waals surface area contributed by atoms with E-state index in [1.807, 2.05) is 41.0 Å². The van der Waals surface area contributed by atoms with E-state index in [1.54, 1.807) is 26.0 Å². The van der Waals surface area contributed by atoms with Gasteiger partial charge in [-0.25, -0.2) is 4.98 Å². The van der Waals surface area contributed by atoms with Crippen molar-refractivity contribution in [3.63, 3.8) is 0 Å². The lowest BCUT2D eigenvalue weighted by Crippen LogP contribution is -1.96. The van der Waals surface area contributed by atoms with Crippen LogP contribution in [0.4, 0.5) is 0 Å². The summed E-state index contributed by atoms with van der Waals surface area (Å²) in [5.41, 5.74) is 2.12. The number of fused-ring (bicyclic) bond motifs is 1. The van der Waals surface area contributed by atoms with Crippen LogP contribution in [0.3, 0.4) is 0 Å². The summed E-state index contributed by atoms with van der Waals surface area (Å²) in [5, 5.41) is 0. The number of rotatable bonds is 2. The second-order valence-corrected chi connectivity index (χ2v) is 3.41. The molecule has 1 aromatic carbocycles. The van der Waals surface area contributed by atoms with Crippen LogP contribution in [0.15, 0.2) is 59.7 Å². The van der Waals surface area contributed by atoms with Crippen molar-refractivity contribution < 1.29 is 9.15 Å². The topological polar surface area (TPSA) is 40.2 Å². The van der Waals surface area contributed by atoms with E-state index < -0.39 is 0 Å². The molecule has 3 rings (SSSR count). The molecule has 2 aromatic heterocycles. The third-order valence-electron chi connectivity index (χ3n) is 2.22. The van der Waals surface area contributed by atoms with Gasteiger partial charge >= 0.3 is 0 Å². The van der Waals surface area contributed by atoms with E-state index in [4.69, 9.17) is 4.74 Å². The number of furan rings is 1. The fourth-order valence-electron chi connectivity index (χ4n) is 1.48. The first kappa shape index (κ1) is 11.4. The molecule has 2 heterocycles. The Bertz CT molecular complexity index is 526. The SMILES string of the molecule is COCn1cnc2ccccc21.c1ccoc1.